The Hall–Kier alpha value is -1.22. The van der Waals surface area contributed by atoms with Gasteiger partial charge in [0.05, 0.1) is 20.3 Å². The smallest absolute Gasteiger partial charge is 0.166 e. The van der Waals surface area contributed by atoms with Crippen molar-refractivity contribution in [1.82, 2.24) is 0 Å². The lowest BCUT2D eigenvalue weighted by molar-refractivity contribution is 0.0655. The van der Waals surface area contributed by atoms with Gasteiger partial charge in [-0.2, -0.15) is 0 Å². The highest BCUT2D eigenvalue weighted by atomic mass is 16.5. The highest BCUT2D eigenvalue weighted by Gasteiger charge is 2.29. The molecule has 1 saturated carbocycles. The van der Waals surface area contributed by atoms with Crippen LogP contribution in [-0.2, 0) is 0 Å². The topological polar surface area (TPSA) is 38.7 Å². The molecule has 1 N–H and O–H groups in total. The van der Waals surface area contributed by atoms with Crippen LogP contribution < -0.4 is 9.47 Å². The van der Waals surface area contributed by atoms with Gasteiger partial charge in [0, 0.05) is 5.56 Å². The number of aliphatic hydroxyl groups excluding tert-OH is 1. The molecule has 1 aromatic carbocycles. The molecule has 3 unspecified atom stereocenters. The zero-order chi connectivity index (χ0) is 14.5. The van der Waals surface area contributed by atoms with Gasteiger partial charge in [-0.1, -0.05) is 38.3 Å². The molecule has 112 valence electrons. The van der Waals surface area contributed by atoms with E-state index >= 15 is 0 Å². The van der Waals surface area contributed by atoms with E-state index in [1.165, 1.54) is 19.3 Å². The molecule has 0 heterocycles. The van der Waals surface area contributed by atoms with E-state index in [9.17, 15) is 5.11 Å². The molecule has 1 aliphatic carbocycles. The zero-order valence-electron chi connectivity index (χ0n) is 12.8. The first-order chi connectivity index (χ1) is 9.71. The Bertz CT molecular complexity index is 430. The van der Waals surface area contributed by atoms with Crippen molar-refractivity contribution in [3.63, 3.8) is 0 Å². The Morgan fingerprint density at radius 2 is 2.05 bits per heavy atom. The van der Waals surface area contributed by atoms with Crippen LogP contribution in [0.5, 0.6) is 11.5 Å². The molecule has 0 aromatic heterocycles. The standard InChI is InChI=1S/C17H26O3/c1-4-12-7-5-8-13(11-12)16(18)14-9-6-10-15(19-2)17(14)20-3/h6,9-10,12-13,16,18H,4-5,7-8,11H2,1-3H3. The van der Waals surface area contributed by atoms with Crippen LogP contribution in [0.4, 0.5) is 0 Å². The van der Waals surface area contributed by atoms with Crippen molar-refractivity contribution in [2.45, 2.75) is 45.1 Å². The Balaban J connectivity index is 2.22. The van der Waals surface area contributed by atoms with Crippen LogP contribution >= 0.6 is 0 Å². The summed E-state index contributed by atoms with van der Waals surface area (Å²) < 4.78 is 10.8. The fraction of sp³-hybridized carbons (Fsp3) is 0.647. The number of para-hydroxylation sites is 1. The molecule has 0 saturated heterocycles. The van der Waals surface area contributed by atoms with Gasteiger partial charge in [0.15, 0.2) is 11.5 Å². The minimum atomic E-state index is -0.464. The van der Waals surface area contributed by atoms with Gasteiger partial charge in [0.2, 0.25) is 0 Å². The lowest BCUT2D eigenvalue weighted by Gasteiger charge is -2.32. The normalized spacial score (nSPS) is 24.2. The molecule has 20 heavy (non-hydrogen) atoms. The highest BCUT2D eigenvalue weighted by molar-refractivity contribution is 5.47. The van der Waals surface area contributed by atoms with Gasteiger partial charge in [-0.15, -0.1) is 0 Å². The molecule has 3 heteroatoms. The zero-order valence-corrected chi connectivity index (χ0v) is 12.8. The third-order valence-electron chi connectivity index (χ3n) is 4.60. The summed E-state index contributed by atoms with van der Waals surface area (Å²) in [7, 11) is 3.26. The number of aliphatic hydroxyl groups is 1. The molecule has 1 aromatic rings. The van der Waals surface area contributed by atoms with Crippen LogP contribution in [0.2, 0.25) is 0 Å². The molecule has 0 radical (unpaired) electrons. The number of methoxy groups -OCH3 is 2. The van der Waals surface area contributed by atoms with Gasteiger partial charge in [-0.3, -0.25) is 0 Å². The molecular weight excluding hydrogens is 252 g/mol. The molecule has 0 amide bonds. The third kappa shape index (κ3) is 3.09. The van der Waals surface area contributed by atoms with Crippen molar-refractivity contribution in [2.24, 2.45) is 11.8 Å². The van der Waals surface area contributed by atoms with E-state index in [2.05, 4.69) is 6.92 Å². The Morgan fingerprint density at radius 1 is 1.25 bits per heavy atom. The minimum Gasteiger partial charge on any atom is -0.493 e. The molecular formula is C17H26O3. The first-order valence-electron chi connectivity index (χ1n) is 7.60. The second-order valence-corrected chi connectivity index (χ2v) is 5.73. The number of benzene rings is 1. The van der Waals surface area contributed by atoms with E-state index in [1.807, 2.05) is 18.2 Å². The second kappa shape index (κ2) is 6.98. The monoisotopic (exact) mass is 278 g/mol. The number of hydrogen-bond donors (Lipinski definition) is 1. The number of rotatable bonds is 5. The van der Waals surface area contributed by atoms with Crippen LogP contribution in [0, 0.1) is 11.8 Å². The largest absolute Gasteiger partial charge is 0.493 e. The van der Waals surface area contributed by atoms with Crippen molar-refractivity contribution >= 4 is 0 Å². The van der Waals surface area contributed by atoms with E-state index in [1.54, 1.807) is 14.2 Å². The lowest BCUT2D eigenvalue weighted by Crippen LogP contribution is -2.21. The maximum atomic E-state index is 10.8. The van der Waals surface area contributed by atoms with Crippen molar-refractivity contribution in [2.75, 3.05) is 14.2 Å². The van der Waals surface area contributed by atoms with E-state index in [0.29, 0.717) is 17.4 Å². The van der Waals surface area contributed by atoms with E-state index in [0.717, 1.165) is 24.3 Å². The van der Waals surface area contributed by atoms with Gasteiger partial charge >= 0.3 is 0 Å². The van der Waals surface area contributed by atoms with Crippen LogP contribution in [0.3, 0.4) is 0 Å². The van der Waals surface area contributed by atoms with E-state index in [-0.39, 0.29) is 0 Å². The van der Waals surface area contributed by atoms with Gasteiger partial charge in [0.1, 0.15) is 0 Å². The third-order valence-corrected chi connectivity index (χ3v) is 4.60. The predicted molar refractivity (Wildman–Crippen MR) is 80.2 cm³/mol. The molecule has 0 spiro atoms. The van der Waals surface area contributed by atoms with Crippen molar-refractivity contribution in [1.29, 1.82) is 0 Å². The van der Waals surface area contributed by atoms with Gasteiger partial charge in [0.25, 0.3) is 0 Å². The average molecular weight is 278 g/mol. The van der Waals surface area contributed by atoms with Crippen LogP contribution in [0.1, 0.15) is 50.7 Å². The fourth-order valence-electron chi connectivity index (χ4n) is 3.39. The maximum absolute atomic E-state index is 10.8. The van der Waals surface area contributed by atoms with Crippen molar-refractivity contribution < 1.29 is 14.6 Å². The molecule has 1 aliphatic rings. The van der Waals surface area contributed by atoms with E-state index in [4.69, 9.17) is 9.47 Å². The average Bonchev–Trinajstić information content (AvgIpc) is 2.53. The lowest BCUT2D eigenvalue weighted by atomic mass is 9.76. The number of ether oxygens (including phenoxy) is 2. The first-order valence-corrected chi connectivity index (χ1v) is 7.60. The molecule has 3 nitrogen and oxygen atoms in total. The molecule has 0 bridgehead atoms. The summed E-state index contributed by atoms with van der Waals surface area (Å²) in [6.45, 7) is 2.24. The molecule has 1 fully saturated rings. The first kappa shape index (κ1) is 15.2. The summed E-state index contributed by atoms with van der Waals surface area (Å²) in [5, 5.41) is 10.8. The Labute approximate surface area is 121 Å². The number of hydrogen-bond acceptors (Lipinski definition) is 3. The van der Waals surface area contributed by atoms with Gasteiger partial charge in [-0.25, -0.2) is 0 Å². The molecule has 3 atom stereocenters. The van der Waals surface area contributed by atoms with Crippen molar-refractivity contribution in [3.8, 4) is 11.5 Å². The summed E-state index contributed by atoms with van der Waals surface area (Å²) in [6.07, 6.45) is 5.46. The summed E-state index contributed by atoms with van der Waals surface area (Å²) in [5.74, 6) is 2.43. The van der Waals surface area contributed by atoms with Crippen molar-refractivity contribution in [3.05, 3.63) is 23.8 Å². The highest BCUT2D eigenvalue weighted by Crippen LogP contribution is 2.43. The Morgan fingerprint density at radius 3 is 2.70 bits per heavy atom. The summed E-state index contributed by atoms with van der Waals surface area (Å²) in [6, 6.07) is 5.73. The Kier molecular flexibility index (Phi) is 5.30. The van der Waals surface area contributed by atoms with E-state index < -0.39 is 6.10 Å². The van der Waals surface area contributed by atoms with Gasteiger partial charge < -0.3 is 14.6 Å². The van der Waals surface area contributed by atoms with Crippen LogP contribution in [-0.4, -0.2) is 19.3 Å². The van der Waals surface area contributed by atoms with Crippen LogP contribution in [0.15, 0.2) is 18.2 Å². The summed E-state index contributed by atoms with van der Waals surface area (Å²) in [4.78, 5) is 0. The molecule has 0 aliphatic heterocycles. The SMILES string of the molecule is CCC1CCCC(C(O)c2cccc(OC)c2OC)C1. The summed E-state index contributed by atoms with van der Waals surface area (Å²) >= 11 is 0. The predicted octanol–water partition coefficient (Wildman–Crippen LogP) is 3.95. The maximum Gasteiger partial charge on any atom is 0.166 e. The van der Waals surface area contributed by atoms with Crippen LogP contribution in [0.25, 0.3) is 0 Å². The molecule has 2 rings (SSSR count). The minimum absolute atomic E-state index is 0.328. The van der Waals surface area contributed by atoms with Gasteiger partial charge in [-0.05, 0) is 30.7 Å². The summed E-state index contributed by atoms with van der Waals surface area (Å²) in [5.41, 5.74) is 0.855. The fourth-order valence-corrected chi connectivity index (χ4v) is 3.39. The second-order valence-electron chi connectivity index (χ2n) is 5.73. The quantitative estimate of drug-likeness (QED) is 0.886.